The monoisotopic (exact) mass is 311 g/mol. The zero-order valence-corrected chi connectivity index (χ0v) is 13.0. The van der Waals surface area contributed by atoms with E-state index in [1.807, 2.05) is 6.92 Å². The lowest BCUT2D eigenvalue weighted by molar-refractivity contribution is 0.0901. The van der Waals surface area contributed by atoms with Gasteiger partial charge in [0.05, 0.1) is 6.04 Å². The predicted molar refractivity (Wildman–Crippen MR) is 79.0 cm³/mol. The Labute approximate surface area is 126 Å². The van der Waals surface area contributed by atoms with Gasteiger partial charge in [0.15, 0.2) is 5.82 Å². The zero-order valence-electron chi connectivity index (χ0n) is 11.4. The van der Waals surface area contributed by atoms with E-state index in [1.165, 1.54) is 0 Å². The first-order valence-electron chi connectivity index (χ1n) is 6.17. The van der Waals surface area contributed by atoms with Gasteiger partial charge < -0.3 is 10.3 Å². The van der Waals surface area contributed by atoms with Crippen LogP contribution in [-0.4, -0.2) is 59.2 Å². The van der Waals surface area contributed by atoms with Crippen molar-refractivity contribution in [1.82, 2.24) is 19.9 Å². The first-order chi connectivity index (χ1) is 8.20. The second kappa shape index (κ2) is 8.71. The van der Waals surface area contributed by atoms with Gasteiger partial charge in [-0.2, -0.15) is 4.98 Å². The zero-order chi connectivity index (χ0) is 12.3. The standard InChI is InChI=1S/C11H21N5O.2ClH/c1-9(11-13-10(2)14-17-11)16-7-5-15(4-3-12)6-8-16;;/h9H,3-8,12H2,1-2H3;2*1H. The molecule has 2 heterocycles. The van der Waals surface area contributed by atoms with Crippen molar-refractivity contribution in [1.29, 1.82) is 0 Å². The molecule has 112 valence electrons. The van der Waals surface area contributed by atoms with Crippen LogP contribution in [0.4, 0.5) is 0 Å². The maximum absolute atomic E-state index is 5.56. The van der Waals surface area contributed by atoms with Crippen molar-refractivity contribution in [2.45, 2.75) is 19.9 Å². The summed E-state index contributed by atoms with van der Waals surface area (Å²) in [5, 5.41) is 3.84. The Kier molecular flexibility index (Phi) is 8.52. The molecule has 0 bridgehead atoms. The summed E-state index contributed by atoms with van der Waals surface area (Å²) < 4.78 is 5.22. The minimum absolute atomic E-state index is 0. The van der Waals surface area contributed by atoms with Gasteiger partial charge in [-0.05, 0) is 13.8 Å². The molecule has 0 aromatic carbocycles. The number of hydrogen-bond acceptors (Lipinski definition) is 6. The fourth-order valence-corrected chi connectivity index (χ4v) is 2.20. The van der Waals surface area contributed by atoms with Gasteiger partial charge in [0.25, 0.3) is 0 Å². The minimum Gasteiger partial charge on any atom is -0.338 e. The van der Waals surface area contributed by atoms with Gasteiger partial charge in [-0.25, -0.2) is 0 Å². The molecule has 0 amide bonds. The lowest BCUT2D eigenvalue weighted by Gasteiger charge is -2.36. The third kappa shape index (κ3) is 4.89. The summed E-state index contributed by atoms with van der Waals surface area (Å²) >= 11 is 0. The SMILES string of the molecule is Cc1noc(C(C)N2CCN(CCN)CC2)n1.Cl.Cl. The van der Waals surface area contributed by atoms with E-state index in [0.717, 1.165) is 45.2 Å². The average molecular weight is 312 g/mol. The highest BCUT2D eigenvalue weighted by Gasteiger charge is 2.24. The molecule has 0 saturated carbocycles. The number of hydrogen-bond donors (Lipinski definition) is 1. The van der Waals surface area contributed by atoms with Crippen LogP contribution in [0.5, 0.6) is 0 Å². The van der Waals surface area contributed by atoms with Crippen LogP contribution in [0, 0.1) is 6.92 Å². The van der Waals surface area contributed by atoms with Crippen LogP contribution in [0.3, 0.4) is 0 Å². The molecule has 1 unspecified atom stereocenters. The molecule has 2 N–H and O–H groups in total. The molecule has 1 fully saturated rings. The Morgan fingerprint density at radius 2 is 1.89 bits per heavy atom. The van der Waals surface area contributed by atoms with Gasteiger partial charge >= 0.3 is 0 Å². The molecule has 1 aliphatic heterocycles. The van der Waals surface area contributed by atoms with Crippen molar-refractivity contribution in [2.24, 2.45) is 5.73 Å². The van der Waals surface area contributed by atoms with Crippen LogP contribution in [0.1, 0.15) is 24.7 Å². The largest absolute Gasteiger partial charge is 0.338 e. The topological polar surface area (TPSA) is 71.4 Å². The number of aromatic nitrogens is 2. The first-order valence-corrected chi connectivity index (χ1v) is 6.17. The molecule has 6 nitrogen and oxygen atoms in total. The fraction of sp³-hybridized carbons (Fsp3) is 0.818. The lowest BCUT2D eigenvalue weighted by Crippen LogP contribution is -2.48. The summed E-state index contributed by atoms with van der Waals surface area (Å²) in [5.41, 5.74) is 5.56. The van der Waals surface area contributed by atoms with E-state index in [-0.39, 0.29) is 30.9 Å². The van der Waals surface area contributed by atoms with Crippen molar-refractivity contribution in [3.8, 4) is 0 Å². The third-order valence-corrected chi connectivity index (χ3v) is 3.30. The molecule has 1 saturated heterocycles. The van der Waals surface area contributed by atoms with Crippen LogP contribution in [0.25, 0.3) is 0 Å². The van der Waals surface area contributed by atoms with Crippen LogP contribution in [-0.2, 0) is 0 Å². The fourth-order valence-electron chi connectivity index (χ4n) is 2.20. The number of piperazine rings is 1. The molecule has 0 spiro atoms. The van der Waals surface area contributed by atoms with E-state index in [4.69, 9.17) is 10.3 Å². The van der Waals surface area contributed by atoms with Crippen molar-refractivity contribution < 1.29 is 4.52 Å². The van der Waals surface area contributed by atoms with E-state index in [0.29, 0.717) is 5.82 Å². The van der Waals surface area contributed by atoms with Crippen LogP contribution in [0.15, 0.2) is 4.52 Å². The van der Waals surface area contributed by atoms with Gasteiger partial charge in [-0.15, -0.1) is 24.8 Å². The summed E-state index contributed by atoms with van der Waals surface area (Å²) in [7, 11) is 0. The normalized spacial score (nSPS) is 18.5. The van der Waals surface area contributed by atoms with Gasteiger partial charge in [0.2, 0.25) is 5.89 Å². The molecule has 1 aliphatic rings. The molecule has 1 atom stereocenters. The summed E-state index contributed by atoms with van der Waals surface area (Å²) in [4.78, 5) is 9.05. The predicted octanol–water partition coefficient (Wildman–Crippen LogP) is 0.859. The Morgan fingerprint density at radius 3 is 2.37 bits per heavy atom. The molecule has 19 heavy (non-hydrogen) atoms. The second-order valence-electron chi connectivity index (χ2n) is 4.52. The summed E-state index contributed by atoms with van der Waals surface area (Å²) in [6, 6.07) is 0.205. The molecule has 2 rings (SSSR count). The van der Waals surface area contributed by atoms with Gasteiger partial charge in [-0.1, -0.05) is 5.16 Å². The number of aryl methyl sites for hydroxylation is 1. The minimum atomic E-state index is 0. The summed E-state index contributed by atoms with van der Waals surface area (Å²) in [5.74, 6) is 1.42. The van der Waals surface area contributed by atoms with E-state index in [9.17, 15) is 0 Å². The number of halogens is 2. The highest BCUT2D eigenvalue weighted by molar-refractivity contribution is 5.85. The quantitative estimate of drug-likeness (QED) is 0.889. The molecule has 8 heteroatoms. The van der Waals surface area contributed by atoms with E-state index >= 15 is 0 Å². The van der Waals surface area contributed by atoms with Crippen molar-refractivity contribution in [2.75, 3.05) is 39.3 Å². The molecule has 1 aromatic heterocycles. The smallest absolute Gasteiger partial charge is 0.243 e. The molecule has 0 aliphatic carbocycles. The molecule has 1 aromatic rings. The summed E-state index contributed by atoms with van der Waals surface area (Å²) in [6.07, 6.45) is 0. The molecule has 0 radical (unpaired) electrons. The van der Waals surface area contributed by atoms with Crippen molar-refractivity contribution in [3.05, 3.63) is 11.7 Å². The average Bonchev–Trinajstić information content (AvgIpc) is 2.76. The lowest BCUT2D eigenvalue weighted by atomic mass is 10.2. The van der Waals surface area contributed by atoms with E-state index in [2.05, 4.69) is 26.9 Å². The second-order valence-corrected chi connectivity index (χ2v) is 4.52. The van der Waals surface area contributed by atoms with Gasteiger partial charge in [0, 0.05) is 39.3 Å². The van der Waals surface area contributed by atoms with Crippen molar-refractivity contribution >= 4 is 24.8 Å². The van der Waals surface area contributed by atoms with Crippen molar-refractivity contribution in [3.63, 3.8) is 0 Å². The molecular weight excluding hydrogens is 289 g/mol. The number of rotatable bonds is 4. The van der Waals surface area contributed by atoms with E-state index < -0.39 is 0 Å². The first kappa shape index (κ1) is 18.6. The Morgan fingerprint density at radius 1 is 1.26 bits per heavy atom. The molecular formula is C11H23Cl2N5O. The van der Waals surface area contributed by atoms with Crippen LogP contribution >= 0.6 is 24.8 Å². The number of nitrogens with zero attached hydrogens (tertiary/aromatic N) is 4. The van der Waals surface area contributed by atoms with Gasteiger partial charge in [-0.3, -0.25) is 9.80 Å². The van der Waals surface area contributed by atoms with E-state index in [1.54, 1.807) is 0 Å². The Hall–Kier alpha value is -0.400. The maximum atomic E-state index is 5.56. The van der Waals surface area contributed by atoms with Gasteiger partial charge in [0.1, 0.15) is 0 Å². The maximum Gasteiger partial charge on any atom is 0.243 e. The number of nitrogens with two attached hydrogens (primary N) is 1. The van der Waals surface area contributed by atoms with Crippen LogP contribution in [0.2, 0.25) is 0 Å². The highest BCUT2D eigenvalue weighted by Crippen LogP contribution is 2.19. The third-order valence-electron chi connectivity index (χ3n) is 3.30. The highest BCUT2D eigenvalue weighted by atomic mass is 35.5. The van der Waals surface area contributed by atoms with Crippen LogP contribution < -0.4 is 5.73 Å². The Bertz CT molecular complexity index is 355. The summed E-state index contributed by atoms with van der Waals surface area (Å²) in [6.45, 7) is 9.87. The Balaban J connectivity index is 0.00000162.